The zero-order valence-corrected chi connectivity index (χ0v) is 16.1. The van der Waals surface area contributed by atoms with Crippen LogP contribution in [0.2, 0.25) is 0 Å². The molecule has 2 aromatic carbocycles. The minimum atomic E-state index is -0.331. The molecular formula is C20H20FN3O2S. The van der Waals surface area contributed by atoms with Crippen LogP contribution in [0.1, 0.15) is 29.7 Å². The molecule has 3 rings (SSSR count). The zero-order chi connectivity index (χ0) is 19.4. The van der Waals surface area contributed by atoms with Crippen LogP contribution in [0.15, 0.2) is 52.1 Å². The Kier molecular flexibility index (Phi) is 5.91. The third-order valence-corrected chi connectivity index (χ3v) is 5.05. The second-order valence-corrected chi connectivity index (χ2v) is 7.23. The van der Waals surface area contributed by atoms with Crippen molar-refractivity contribution in [1.82, 2.24) is 15.5 Å². The van der Waals surface area contributed by atoms with Crippen molar-refractivity contribution in [3.8, 4) is 11.5 Å². The molecular weight excluding hydrogens is 365 g/mol. The smallest absolute Gasteiger partial charge is 0.277 e. The molecule has 1 heterocycles. The molecule has 0 aliphatic carbocycles. The van der Waals surface area contributed by atoms with Crippen molar-refractivity contribution < 1.29 is 13.6 Å². The molecule has 5 nitrogen and oxygen atoms in total. The molecule has 140 valence electrons. The van der Waals surface area contributed by atoms with E-state index in [0.717, 1.165) is 17.3 Å². The lowest BCUT2D eigenvalue weighted by Gasteiger charge is -2.15. The number of aromatic nitrogens is 2. The largest absolute Gasteiger partial charge is 0.411 e. The van der Waals surface area contributed by atoms with Gasteiger partial charge in [0, 0.05) is 5.56 Å². The van der Waals surface area contributed by atoms with E-state index in [-0.39, 0.29) is 23.5 Å². The van der Waals surface area contributed by atoms with Gasteiger partial charge in [0.2, 0.25) is 11.8 Å². The van der Waals surface area contributed by atoms with Crippen LogP contribution in [-0.2, 0) is 4.79 Å². The predicted molar refractivity (Wildman–Crippen MR) is 103 cm³/mol. The highest BCUT2D eigenvalue weighted by Crippen LogP contribution is 2.23. The van der Waals surface area contributed by atoms with Gasteiger partial charge in [-0.1, -0.05) is 30.0 Å². The summed E-state index contributed by atoms with van der Waals surface area (Å²) >= 11 is 1.16. The van der Waals surface area contributed by atoms with Gasteiger partial charge in [0.25, 0.3) is 5.22 Å². The van der Waals surface area contributed by atoms with Gasteiger partial charge in [0.1, 0.15) is 5.82 Å². The number of hydrogen-bond acceptors (Lipinski definition) is 5. The van der Waals surface area contributed by atoms with Gasteiger partial charge < -0.3 is 9.73 Å². The summed E-state index contributed by atoms with van der Waals surface area (Å²) in [6.45, 7) is 6.06. The Morgan fingerprint density at radius 2 is 1.89 bits per heavy atom. The SMILES string of the molecule is Cc1ccc([C@@H](C)NC(=O)CSc2nnc(-c3ccc(F)cc3)o2)cc1C. The topological polar surface area (TPSA) is 68.0 Å². The summed E-state index contributed by atoms with van der Waals surface area (Å²) in [5, 5.41) is 11.1. The fourth-order valence-corrected chi connectivity index (χ4v) is 3.08. The van der Waals surface area contributed by atoms with Crippen molar-refractivity contribution in [2.45, 2.75) is 32.0 Å². The highest BCUT2D eigenvalue weighted by Gasteiger charge is 2.14. The average molecular weight is 385 g/mol. The highest BCUT2D eigenvalue weighted by atomic mass is 32.2. The first kappa shape index (κ1) is 19.1. The van der Waals surface area contributed by atoms with Gasteiger partial charge >= 0.3 is 0 Å². The number of aryl methyl sites for hydroxylation is 2. The molecule has 3 aromatic rings. The van der Waals surface area contributed by atoms with Crippen LogP contribution in [0.25, 0.3) is 11.5 Å². The number of carbonyl (C=O) groups excluding carboxylic acids is 1. The molecule has 1 atom stereocenters. The van der Waals surface area contributed by atoms with Crippen molar-refractivity contribution in [2.24, 2.45) is 0 Å². The molecule has 0 saturated heterocycles. The Morgan fingerprint density at radius 3 is 2.59 bits per heavy atom. The molecule has 0 aliphatic rings. The normalized spacial score (nSPS) is 12.0. The number of nitrogens with one attached hydrogen (secondary N) is 1. The maximum Gasteiger partial charge on any atom is 0.277 e. The van der Waals surface area contributed by atoms with Crippen molar-refractivity contribution in [2.75, 3.05) is 5.75 Å². The summed E-state index contributed by atoms with van der Waals surface area (Å²) < 4.78 is 18.5. The van der Waals surface area contributed by atoms with E-state index in [1.807, 2.05) is 13.0 Å². The molecule has 0 saturated carbocycles. The maximum atomic E-state index is 13.0. The predicted octanol–water partition coefficient (Wildman–Crippen LogP) is 4.46. The Labute approximate surface area is 161 Å². The summed E-state index contributed by atoms with van der Waals surface area (Å²) in [6.07, 6.45) is 0. The van der Waals surface area contributed by atoms with Crippen LogP contribution in [0.3, 0.4) is 0 Å². The van der Waals surface area contributed by atoms with Gasteiger partial charge in [-0.2, -0.15) is 0 Å². The molecule has 0 bridgehead atoms. The number of benzene rings is 2. The third kappa shape index (κ3) is 4.95. The number of thioether (sulfide) groups is 1. The minimum absolute atomic E-state index is 0.0881. The number of nitrogens with zero attached hydrogens (tertiary/aromatic N) is 2. The lowest BCUT2D eigenvalue weighted by Crippen LogP contribution is -2.28. The fraction of sp³-hybridized carbons (Fsp3) is 0.250. The molecule has 27 heavy (non-hydrogen) atoms. The second-order valence-electron chi connectivity index (χ2n) is 6.30. The maximum absolute atomic E-state index is 13.0. The molecule has 1 N–H and O–H groups in total. The molecule has 0 aliphatic heterocycles. The molecule has 0 unspecified atom stereocenters. The lowest BCUT2D eigenvalue weighted by molar-refractivity contribution is -0.119. The van der Waals surface area contributed by atoms with Gasteiger partial charge in [-0.15, -0.1) is 10.2 Å². The first-order valence-corrected chi connectivity index (χ1v) is 9.49. The average Bonchev–Trinajstić information content (AvgIpc) is 3.12. The van der Waals surface area contributed by atoms with E-state index in [9.17, 15) is 9.18 Å². The van der Waals surface area contributed by atoms with E-state index in [4.69, 9.17) is 4.42 Å². The third-order valence-electron chi connectivity index (χ3n) is 4.23. The van der Waals surface area contributed by atoms with Crippen LogP contribution in [0.4, 0.5) is 4.39 Å². The fourth-order valence-electron chi connectivity index (χ4n) is 2.50. The van der Waals surface area contributed by atoms with Gasteiger partial charge in [-0.25, -0.2) is 4.39 Å². The monoisotopic (exact) mass is 385 g/mol. The van der Waals surface area contributed by atoms with Crippen LogP contribution >= 0.6 is 11.8 Å². The van der Waals surface area contributed by atoms with E-state index in [1.165, 1.54) is 23.3 Å². The van der Waals surface area contributed by atoms with E-state index < -0.39 is 0 Å². The van der Waals surface area contributed by atoms with Crippen LogP contribution < -0.4 is 5.32 Å². The number of rotatable bonds is 6. The molecule has 0 spiro atoms. The number of amides is 1. The minimum Gasteiger partial charge on any atom is -0.411 e. The van der Waals surface area contributed by atoms with Crippen molar-refractivity contribution in [3.05, 3.63) is 65.0 Å². The van der Waals surface area contributed by atoms with Gasteiger partial charge in [0.15, 0.2) is 0 Å². The van der Waals surface area contributed by atoms with Crippen LogP contribution in [-0.4, -0.2) is 21.9 Å². The molecule has 0 fully saturated rings. The first-order chi connectivity index (χ1) is 12.9. The quantitative estimate of drug-likeness (QED) is 0.635. The summed E-state index contributed by atoms with van der Waals surface area (Å²) in [5.74, 6) is 0.0105. The molecule has 1 amide bonds. The Bertz CT molecular complexity index is 941. The van der Waals surface area contributed by atoms with E-state index in [2.05, 4.69) is 41.5 Å². The van der Waals surface area contributed by atoms with Gasteiger partial charge in [0.05, 0.1) is 11.8 Å². The molecule has 1 aromatic heterocycles. The van der Waals surface area contributed by atoms with Crippen LogP contribution in [0.5, 0.6) is 0 Å². The van der Waals surface area contributed by atoms with E-state index in [1.54, 1.807) is 12.1 Å². The summed E-state index contributed by atoms with van der Waals surface area (Å²) in [6, 6.07) is 11.9. The first-order valence-electron chi connectivity index (χ1n) is 8.51. The highest BCUT2D eigenvalue weighted by molar-refractivity contribution is 7.99. The van der Waals surface area contributed by atoms with E-state index >= 15 is 0 Å². The zero-order valence-electron chi connectivity index (χ0n) is 15.3. The van der Waals surface area contributed by atoms with Gasteiger partial charge in [-0.05, 0) is 61.7 Å². The Hall–Kier alpha value is -2.67. The second kappa shape index (κ2) is 8.35. The van der Waals surface area contributed by atoms with Crippen molar-refractivity contribution in [3.63, 3.8) is 0 Å². The lowest BCUT2D eigenvalue weighted by atomic mass is 10.0. The van der Waals surface area contributed by atoms with E-state index in [0.29, 0.717) is 16.7 Å². The summed E-state index contributed by atoms with van der Waals surface area (Å²) in [4.78, 5) is 12.2. The Morgan fingerprint density at radius 1 is 1.15 bits per heavy atom. The Balaban J connectivity index is 1.54. The number of hydrogen-bond donors (Lipinski definition) is 1. The van der Waals surface area contributed by atoms with Crippen LogP contribution in [0, 0.1) is 19.7 Å². The van der Waals surface area contributed by atoms with Gasteiger partial charge in [-0.3, -0.25) is 4.79 Å². The number of carbonyl (C=O) groups is 1. The summed E-state index contributed by atoms with van der Waals surface area (Å²) in [5.41, 5.74) is 4.11. The number of halogens is 1. The van der Waals surface area contributed by atoms with Crippen molar-refractivity contribution in [1.29, 1.82) is 0 Å². The molecule has 0 radical (unpaired) electrons. The summed E-state index contributed by atoms with van der Waals surface area (Å²) in [7, 11) is 0. The van der Waals surface area contributed by atoms with Crippen molar-refractivity contribution >= 4 is 17.7 Å². The molecule has 7 heteroatoms. The standard InChI is InChI=1S/C20H20FN3O2S/c1-12-4-5-16(10-13(12)2)14(3)22-18(25)11-27-20-24-23-19(26-20)15-6-8-17(21)9-7-15/h4-10,14H,11H2,1-3H3,(H,22,25)/t14-/m1/s1.